The van der Waals surface area contributed by atoms with E-state index in [4.69, 9.17) is 4.74 Å². The number of carbonyl (C=O) groups excluding carboxylic acids is 1. The molecule has 0 saturated carbocycles. The summed E-state index contributed by atoms with van der Waals surface area (Å²) in [6.45, 7) is 4.31. The Morgan fingerprint density at radius 3 is 2.86 bits per heavy atom. The monoisotopic (exact) mass is 315 g/mol. The Morgan fingerprint density at radius 2 is 2.29 bits per heavy atom. The molecule has 1 N–H and O–H groups in total. The number of sulfone groups is 1. The van der Waals surface area contributed by atoms with E-state index in [0.29, 0.717) is 30.8 Å². The van der Waals surface area contributed by atoms with Crippen LogP contribution in [0, 0.1) is 0 Å². The van der Waals surface area contributed by atoms with Gasteiger partial charge in [0.05, 0.1) is 30.0 Å². The molecule has 0 bridgehead atoms. The molecule has 0 amide bonds. The maximum absolute atomic E-state index is 11.9. The number of nitrogens with zero attached hydrogens (tertiary/aromatic N) is 2. The highest BCUT2D eigenvalue weighted by Crippen LogP contribution is 2.23. The maximum atomic E-state index is 11.9. The summed E-state index contributed by atoms with van der Waals surface area (Å²) in [5, 5.41) is 7.32. The van der Waals surface area contributed by atoms with E-state index in [0.717, 1.165) is 0 Å². The highest BCUT2D eigenvalue weighted by atomic mass is 32.2. The van der Waals surface area contributed by atoms with Crippen molar-refractivity contribution in [2.75, 3.05) is 18.1 Å². The summed E-state index contributed by atoms with van der Waals surface area (Å²) < 4.78 is 29.8. The van der Waals surface area contributed by atoms with Gasteiger partial charge in [-0.05, 0) is 20.3 Å². The molecule has 1 fully saturated rings. The van der Waals surface area contributed by atoms with Crippen LogP contribution in [0.15, 0.2) is 6.20 Å². The molecule has 1 unspecified atom stereocenters. The van der Waals surface area contributed by atoms with Gasteiger partial charge in [-0.2, -0.15) is 5.10 Å². The fourth-order valence-electron chi connectivity index (χ4n) is 2.50. The van der Waals surface area contributed by atoms with Crippen molar-refractivity contribution in [1.29, 1.82) is 0 Å². The van der Waals surface area contributed by atoms with Gasteiger partial charge in [0.1, 0.15) is 5.56 Å². The van der Waals surface area contributed by atoms with Gasteiger partial charge >= 0.3 is 5.97 Å². The van der Waals surface area contributed by atoms with Gasteiger partial charge in [0, 0.05) is 19.1 Å². The average Bonchev–Trinajstić information content (AvgIpc) is 2.88. The van der Waals surface area contributed by atoms with Gasteiger partial charge in [0.15, 0.2) is 9.84 Å². The van der Waals surface area contributed by atoms with Crippen LogP contribution in [0.3, 0.4) is 0 Å². The predicted octanol–water partition coefficient (Wildman–Crippen LogP) is 0.264. The number of aromatic nitrogens is 2. The van der Waals surface area contributed by atoms with Gasteiger partial charge in [-0.1, -0.05) is 0 Å². The second kappa shape index (κ2) is 5.76. The molecular formula is C13H21N3O4S. The summed E-state index contributed by atoms with van der Waals surface area (Å²) in [5.41, 5.74) is 0.643. The van der Waals surface area contributed by atoms with Gasteiger partial charge in [0.25, 0.3) is 0 Å². The first-order valence-electron chi connectivity index (χ1n) is 6.90. The minimum Gasteiger partial charge on any atom is -0.462 e. The number of nitrogens with one attached hydrogen (secondary N) is 1. The smallest absolute Gasteiger partial charge is 0.341 e. The third-order valence-electron chi connectivity index (χ3n) is 3.74. The van der Waals surface area contributed by atoms with Gasteiger partial charge in [0.2, 0.25) is 0 Å². The number of esters is 1. The van der Waals surface area contributed by atoms with Crippen LogP contribution in [-0.4, -0.2) is 47.8 Å². The molecule has 0 aromatic carbocycles. The quantitative estimate of drug-likeness (QED) is 0.784. The van der Waals surface area contributed by atoms with Crippen LogP contribution < -0.4 is 5.32 Å². The van der Waals surface area contributed by atoms with Crippen LogP contribution in [0.2, 0.25) is 0 Å². The summed E-state index contributed by atoms with van der Waals surface area (Å²) in [5.74, 6) is -0.0919. The van der Waals surface area contributed by atoms with E-state index in [1.54, 1.807) is 18.7 Å². The van der Waals surface area contributed by atoms with Crippen LogP contribution in [0.5, 0.6) is 0 Å². The lowest BCUT2D eigenvalue weighted by molar-refractivity contribution is 0.0524. The van der Waals surface area contributed by atoms with E-state index in [2.05, 4.69) is 10.4 Å². The van der Waals surface area contributed by atoms with Crippen molar-refractivity contribution in [3.63, 3.8) is 0 Å². The molecule has 118 valence electrons. The molecule has 0 aliphatic carbocycles. The Bertz CT molecular complexity index is 638. The van der Waals surface area contributed by atoms with Crippen LogP contribution in [0.1, 0.15) is 36.3 Å². The van der Waals surface area contributed by atoms with E-state index < -0.39 is 21.3 Å². The third kappa shape index (κ3) is 3.62. The summed E-state index contributed by atoms with van der Waals surface area (Å²) in [6.07, 6.45) is 2.05. The molecule has 7 nitrogen and oxygen atoms in total. The van der Waals surface area contributed by atoms with E-state index in [1.165, 1.54) is 6.20 Å². The van der Waals surface area contributed by atoms with E-state index in [9.17, 15) is 13.2 Å². The van der Waals surface area contributed by atoms with Crippen LogP contribution in [-0.2, 0) is 28.2 Å². The van der Waals surface area contributed by atoms with Crippen molar-refractivity contribution in [2.24, 2.45) is 7.05 Å². The van der Waals surface area contributed by atoms with Crippen LogP contribution >= 0.6 is 0 Å². The highest BCUT2D eigenvalue weighted by Gasteiger charge is 2.38. The molecule has 1 saturated heterocycles. The first-order valence-corrected chi connectivity index (χ1v) is 8.72. The van der Waals surface area contributed by atoms with Gasteiger partial charge in [-0.3, -0.25) is 4.68 Å². The van der Waals surface area contributed by atoms with Crippen molar-refractivity contribution >= 4 is 15.8 Å². The Kier molecular flexibility index (Phi) is 4.38. The lowest BCUT2D eigenvalue weighted by Gasteiger charge is -2.24. The number of aryl methyl sites for hydroxylation is 1. The second-order valence-electron chi connectivity index (χ2n) is 5.61. The Balaban J connectivity index is 2.10. The molecule has 1 aliphatic heterocycles. The zero-order chi connectivity index (χ0) is 15.7. The van der Waals surface area contributed by atoms with Crippen LogP contribution in [0.25, 0.3) is 0 Å². The molecule has 21 heavy (non-hydrogen) atoms. The van der Waals surface area contributed by atoms with E-state index in [1.807, 2.05) is 6.92 Å². The van der Waals surface area contributed by atoms with Crippen molar-refractivity contribution in [1.82, 2.24) is 15.1 Å². The van der Waals surface area contributed by atoms with E-state index >= 15 is 0 Å². The van der Waals surface area contributed by atoms with E-state index in [-0.39, 0.29) is 11.5 Å². The third-order valence-corrected chi connectivity index (χ3v) is 5.65. The first kappa shape index (κ1) is 16.0. The fourth-order valence-corrected chi connectivity index (χ4v) is 4.62. The van der Waals surface area contributed by atoms with Gasteiger partial charge < -0.3 is 10.1 Å². The van der Waals surface area contributed by atoms with Gasteiger partial charge in [-0.25, -0.2) is 13.2 Å². The first-order chi connectivity index (χ1) is 9.76. The molecular weight excluding hydrogens is 294 g/mol. The molecule has 1 atom stereocenters. The molecule has 1 aliphatic rings. The normalized spacial score (nSPS) is 24.1. The molecule has 2 heterocycles. The summed E-state index contributed by atoms with van der Waals surface area (Å²) in [7, 11) is -1.22. The molecule has 2 rings (SSSR count). The second-order valence-corrected chi connectivity index (χ2v) is 7.79. The lowest BCUT2D eigenvalue weighted by Crippen LogP contribution is -2.43. The molecule has 0 radical (unpaired) electrons. The zero-order valence-electron chi connectivity index (χ0n) is 12.5. The minimum absolute atomic E-state index is 0.118. The number of ether oxygens (including phenoxy) is 1. The number of hydrogen-bond acceptors (Lipinski definition) is 6. The van der Waals surface area contributed by atoms with Gasteiger partial charge in [-0.15, -0.1) is 0 Å². The predicted molar refractivity (Wildman–Crippen MR) is 77.7 cm³/mol. The molecule has 0 spiro atoms. The minimum atomic E-state index is -2.97. The number of carbonyl (C=O) groups is 1. The Hall–Kier alpha value is -1.41. The summed E-state index contributed by atoms with van der Waals surface area (Å²) in [6, 6.07) is 0. The standard InChI is InChI=1S/C13H21N3O4S/c1-4-20-12(17)10-7-15-16(3)11(10)8-14-13(2)5-6-21(18,19)9-13/h7,14H,4-6,8-9H2,1-3H3. The maximum Gasteiger partial charge on any atom is 0.341 e. The summed E-state index contributed by atoms with van der Waals surface area (Å²) >= 11 is 0. The Morgan fingerprint density at radius 1 is 1.57 bits per heavy atom. The molecule has 1 aromatic rings. The van der Waals surface area contributed by atoms with Crippen LogP contribution in [0.4, 0.5) is 0 Å². The Labute approximate surface area is 124 Å². The topological polar surface area (TPSA) is 90.3 Å². The van der Waals surface area contributed by atoms with Crippen molar-refractivity contribution < 1.29 is 17.9 Å². The molecule has 1 aromatic heterocycles. The molecule has 8 heteroatoms. The zero-order valence-corrected chi connectivity index (χ0v) is 13.4. The highest BCUT2D eigenvalue weighted by molar-refractivity contribution is 7.91. The largest absolute Gasteiger partial charge is 0.462 e. The SMILES string of the molecule is CCOC(=O)c1cnn(C)c1CNC1(C)CCS(=O)(=O)C1. The van der Waals surface area contributed by atoms with Crippen molar-refractivity contribution in [2.45, 2.75) is 32.4 Å². The number of hydrogen-bond donors (Lipinski definition) is 1. The average molecular weight is 315 g/mol. The fraction of sp³-hybridized carbons (Fsp3) is 0.692. The van der Waals surface area contributed by atoms with Crippen molar-refractivity contribution in [3.8, 4) is 0 Å². The lowest BCUT2D eigenvalue weighted by atomic mass is 10.0. The summed E-state index contributed by atoms with van der Waals surface area (Å²) in [4.78, 5) is 11.9. The van der Waals surface area contributed by atoms with Crippen molar-refractivity contribution in [3.05, 3.63) is 17.5 Å². The number of rotatable bonds is 5.